The molecule has 0 radical (unpaired) electrons. The second-order valence-electron chi connectivity index (χ2n) is 4.27. The van der Waals surface area contributed by atoms with Crippen molar-refractivity contribution in [3.63, 3.8) is 0 Å². The van der Waals surface area contributed by atoms with Crippen LogP contribution in [0.2, 0.25) is 0 Å². The zero-order valence-corrected chi connectivity index (χ0v) is 8.62. The maximum absolute atomic E-state index is 9.14. The number of nitrogens with zero attached hydrogens (tertiary/aromatic N) is 1. The van der Waals surface area contributed by atoms with Gasteiger partial charge in [0.1, 0.15) is 0 Å². The van der Waals surface area contributed by atoms with Gasteiger partial charge in [-0.05, 0) is 23.5 Å². The van der Waals surface area contributed by atoms with Gasteiger partial charge in [-0.2, -0.15) is 5.26 Å². The van der Waals surface area contributed by atoms with Gasteiger partial charge in [0, 0.05) is 6.61 Å². The lowest BCUT2D eigenvalue weighted by atomic mass is 9.85. The molecule has 0 aliphatic heterocycles. The quantitative estimate of drug-likeness (QED) is 0.791. The number of aliphatic hydroxyl groups excluding tert-OH is 1. The van der Waals surface area contributed by atoms with Gasteiger partial charge in [-0.3, -0.25) is 0 Å². The summed E-state index contributed by atoms with van der Waals surface area (Å²) in [5.41, 5.74) is 1.55. The maximum atomic E-state index is 9.14. The summed E-state index contributed by atoms with van der Waals surface area (Å²) in [4.78, 5) is 0. The van der Waals surface area contributed by atoms with Crippen LogP contribution in [-0.4, -0.2) is 11.7 Å². The molecule has 0 atom stereocenters. The van der Waals surface area contributed by atoms with Gasteiger partial charge in [-0.15, -0.1) is 0 Å². The SMILES string of the molecule is CC(C)(CO)Cc1ccccc1C#N. The summed E-state index contributed by atoms with van der Waals surface area (Å²) in [6, 6.07) is 9.68. The summed E-state index contributed by atoms with van der Waals surface area (Å²) in [5, 5.41) is 18.0. The average Bonchev–Trinajstić information content (AvgIpc) is 2.18. The van der Waals surface area contributed by atoms with E-state index in [9.17, 15) is 0 Å². The van der Waals surface area contributed by atoms with Crippen molar-refractivity contribution in [1.29, 1.82) is 5.26 Å². The molecule has 1 rings (SSSR count). The first-order valence-corrected chi connectivity index (χ1v) is 4.68. The van der Waals surface area contributed by atoms with Crippen LogP contribution in [0.25, 0.3) is 0 Å². The van der Waals surface area contributed by atoms with Crippen molar-refractivity contribution in [2.75, 3.05) is 6.61 Å². The van der Waals surface area contributed by atoms with Crippen LogP contribution in [0.15, 0.2) is 24.3 Å². The fraction of sp³-hybridized carbons (Fsp3) is 0.417. The van der Waals surface area contributed by atoms with Crippen LogP contribution >= 0.6 is 0 Å². The molecule has 0 saturated carbocycles. The van der Waals surface area contributed by atoms with Crippen LogP contribution in [0.1, 0.15) is 25.0 Å². The number of hydrogen-bond acceptors (Lipinski definition) is 2. The van der Waals surface area contributed by atoms with Crippen LogP contribution in [0, 0.1) is 16.7 Å². The lowest BCUT2D eigenvalue weighted by Gasteiger charge is -2.21. The fourth-order valence-electron chi connectivity index (χ4n) is 1.36. The Hall–Kier alpha value is -1.33. The molecule has 0 aliphatic rings. The highest BCUT2D eigenvalue weighted by molar-refractivity contribution is 5.37. The molecule has 0 aliphatic carbocycles. The normalized spacial score (nSPS) is 11.0. The molecule has 14 heavy (non-hydrogen) atoms. The summed E-state index contributed by atoms with van der Waals surface area (Å²) in [6.45, 7) is 4.11. The summed E-state index contributed by atoms with van der Waals surface area (Å²) < 4.78 is 0. The van der Waals surface area contributed by atoms with Gasteiger partial charge in [0.05, 0.1) is 11.6 Å². The predicted molar refractivity (Wildman–Crippen MR) is 55.7 cm³/mol. The summed E-state index contributed by atoms with van der Waals surface area (Å²) in [6.07, 6.45) is 0.729. The standard InChI is InChI=1S/C12H15NO/c1-12(2,9-14)7-10-5-3-4-6-11(10)8-13/h3-6,14H,7,9H2,1-2H3. The molecular formula is C12H15NO. The molecule has 1 aromatic carbocycles. The summed E-state index contributed by atoms with van der Waals surface area (Å²) in [7, 11) is 0. The van der Waals surface area contributed by atoms with E-state index in [1.54, 1.807) is 0 Å². The highest BCUT2D eigenvalue weighted by atomic mass is 16.3. The van der Waals surface area contributed by atoms with E-state index in [4.69, 9.17) is 10.4 Å². The van der Waals surface area contributed by atoms with Gasteiger partial charge in [-0.1, -0.05) is 32.0 Å². The first kappa shape index (κ1) is 10.7. The monoisotopic (exact) mass is 189 g/mol. The number of rotatable bonds is 3. The molecule has 0 saturated heterocycles. The van der Waals surface area contributed by atoms with Crippen LogP contribution < -0.4 is 0 Å². The third-order valence-corrected chi connectivity index (χ3v) is 2.23. The van der Waals surface area contributed by atoms with E-state index in [2.05, 4.69) is 6.07 Å². The fourth-order valence-corrected chi connectivity index (χ4v) is 1.36. The van der Waals surface area contributed by atoms with Gasteiger partial charge in [0.15, 0.2) is 0 Å². The van der Waals surface area contributed by atoms with Crippen molar-refractivity contribution >= 4 is 0 Å². The van der Waals surface area contributed by atoms with Crippen LogP contribution in [-0.2, 0) is 6.42 Å². The van der Waals surface area contributed by atoms with Crippen molar-refractivity contribution in [3.05, 3.63) is 35.4 Å². The number of nitriles is 1. The van der Waals surface area contributed by atoms with Gasteiger partial charge in [-0.25, -0.2) is 0 Å². The second-order valence-corrected chi connectivity index (χ2v) is 4.27. The Morgan fingerprint density at radius 1 is 1.36 bits per heavy atom. The largest absolute Gasteiger partial charge is 0.396 e. The number of hydrogen-bond donors (Lipinski definition) is 1. The highest BCUT2D eigenvalue weighted by Crippen LogP contribution is 2.22. The number of benzene rings is 1. The van der Waals surface area contributed by atoms with Crippen molar-refractivity contribution in [3.8, 4) is 6.07 Å². The van der Waals surface area contributed by atoms with Crippen molar-refractivity contribution in [2.24, 2.45) is 5.41 Å². The Labute approximate surface area is 84.8 Å². The van der Waals surface area contributed by atoms with Crippen LogP contribution in [0.5, 0.6) is 0 Å². The van der Waals surface area contributed by atoms with E-state index < -0.39 is 0 Å². The van der Waals surface area contributed by atoms with Crippen molar-refractivity contribution in [1.82, 2.24) is 0 Å². The molecule has 1 aromatic rings. The molecule has 0 bridgehead atoms. The van der Waals surface area contributed by atoms with E-state index >= 15 is 0 Å². The van der Waals surface area contributed by atoms with Gasteiger partial charge >= 0.3 is 0 Å². The Kier molecular flexibility index (Phi) is 3.27. The Morgan fingerprint density at radius 3 is 2.57 bits per heavy atom. The minimum Gasteiger partial charge on any atom is -0.396 e. The first-order chi connectivity index (χ1) is 6.59. The van der Waals surface area contributed by atoms with Gasteiger partial charge in [0.25, 0.3) is 0 Å². The van der Waals surface area contributed by atoms with Crippen molar-refractivity contribution < 1.29 is 5.11 Å². The summed E-state index contributed by atoms with van der Waals surface area (Å²) in [5.74, 6) is 0. The highest BCUT2D eigenvalue weighted by Gasteiger charge is 2.18. The predicted octanol–water partition coefficient (Wildman–Crippen LogP) is 2.12. The lowest BCUT2D eigenvalue weighted by molar-refractivity contribution is 0.159. The molecule has 74 valence electrons. The average molecular weight is 189 g/mol. The molecule has 0 amide bonds. The lowest BCUT2D eigenvalue weighted by Crippen LogP contribution is -2.20. The zero-order valence-electron chi connectivity index (χ0n) is 8.62. The van der Waals surface area contributed by atoms with Gasteiger partial charge < -0.3 is 5.11 Å². The maximum Gasteiger partial charge on any atom is 0.0994 e. The Morgan fingerprint density at radius 2 is 2.00 bits per heavy atom. The third-order valence-electron chi connectivity index (χ3n) is 2.23. The van der Waals surface area contributed by atoms with E-state index in [0.29, 0.717) is 5.56 Å². The van der Waals surface area contributed by atoms with E-state index in [-0.39, 0.29) is 12.0 Å². The van der Waals surface area contributed by atoms with E-state index in [1.807, 2.05) is 38.1 Å². The summed E-state index contributed by atoms with van der Waals surface area (Å²) >= 11 is 0. The number of aliphatic hydroxyl groups is 1. The van der Waals surface area contributed by atoms with E-state index in [1.165, 1.54) is 0 Å². The molecule has 0 fully saturated rings. The molecule has 2 nitrogen and oxygen atoms in total. The minimum absolute atomic E-state index is 0.132. The van der Waals surface area contributed by atoms with Gasteiger partial charge in [0.2, 0.25) is 0 Å². The van der Waals surface area contributed by atoms with Crippen LogP contribution in [0.4, 0.5) is 0 Å². The second kappa shape index (κ2) is 4.26. The first-order valence-electron chi connectivity index (χ1n) is 4.68. The topological polar surface area (TPSA) is 44.0 Å². The smallest absolute Gasteiger partial charge is 0.0994 e. The van der Waals surface area contributed by atoms with E-state index in [0.717, 1.165) is 12.0 Å². The molecule has 0 heterocycles. The Balaban J connectivity index is 2.92. The molecule has 1 N–H and O–H groups in total. The molecule has 0 aromatic heterocycles. The molecule has 2 heteroatoms. The van der Waals surface area contributed by atoms with Crippen molar-refractivity contribution in [2.45, 2.75) is 20.3 Å². The molecule has 0 spiro atoms. The van der Waals surface area contributed by atoms with Crippen LogP contribution in [0.3, 0.4) is 0 Å². The molecule has 0 unspecified atom stereocenters. The molecular weight excluding hydrogens is 174 g/mol. The minimum atomic E-state index is -0.160. The zero-order chi connectivity index (χ0) is 10.6. The Bertz CT molecular complexity index is 350. The third kappa shape index (κ3) is 2.58.